The van der Waals surface area contributed by atoms with Crippen LogP contribution in [0.3, 0.4) is 0 Å². The molecule has 0 amide bonds. The SMILES string of the molecule is COC[C@@H](OC)[C@@H](O)[C@H](OC)[C@@H](OC)C(=O)O. The molecule has 0 fully saturated rings. The van der Waals surface area contributed by atoms with Crippen LogP contribution in [-0.4, -0.2) is 75.6 Å². The van der Waals surface area contributed by atoms with E-state index in [9.17, 15) is 9.90 Å². The topological polar surface area (TPSA) is 94.5 Å². The summed E-state index contributed by atoms with van der Waals surface area (Å²) in [6.07, 6.45) is -4.19. The molecule has 0 aliphatic heterocycles. The first-order chi connectivity index (χ1) is 8.03. The Morgan fingerprint density at radius 3 is 2.00 bits per heavy atom. The molecule has 2 N–H and O–H groups in total. The van der Waals surface area contributed by atoms with Crippen molar-refractivity contribution >= 4 is 5.97 Å². The van der Waals surface area contributed by atoms with E-state index in [1.165, 1.54) is 28.4 Å². The highest BCUT2D eigenvalue weighted by Gasteiger charge is 2.38. The molecule has 17 heavy (non-hydrogen) atoms. The lowest BCUT2D eigenvalue weighted by molar-refractivity contribution is -0.175. The second-order valence-electron chi connectivity index (χ2n) is 3.41. The zero-order valence-electron chi connectivity index (χ0n) is 10.5. The van der Waals surface area contributed by atoms with Crippen LogP contribution >= 0.6 is 0 Å². The molecule has 0 unspecified atom stereocenters. The van der Waals surface area contributed by atoms with Gasteiger partial charge in [-0.3, -0.25) is 0 Å². The van der Waals surface area contributed by atoms with E-state index in [2.05, 4.69) is 0 Å². The molecule has 0 aliphatic carbocycles. The summed E-state index contributed by atoms with van der Waals surface area (Å²) in [7, 11) is 5.37. The average Bonchev–Trinajstić information content (AvgIpc) is 2.31. The molecule has 0 rings (SSSR count). The van der Waals surface area contributed by atoms with Crippen LogP contribution in [0.15, 0.2) is 0 Å². The molecule has 0 aliphatic rings. The van der Waals surface area contributed by atoms with Crippen LogP contribution in [0.2, 0.25) is 0 Å². The van der Waals surface area contributed by atoms with Crippen molar-refractivity contribution in [2.24, 2.45) is 0 Å². The Labute approximate surface area is 100 Å². The molecular formula is C10H20O7. The number of hydrogen-bond donors (Lipinski definition) is 2. The van der Waals surface area contributed by atoms with E-state index in [0.717, 1.165) is 0 Å². The Kier molecular flexibility index (Phi) is 8.01. The summed E-state index contributed by atoms with van der Waals surface area (Å²) in [4.78, 5) is 10.9. The molecule has 0 spiro atoms. The number of aliphatic hydroxyl groups excluding tert-OH is 1. The molecule has 0 aromatic rings. The summed E-state index contributed by atoms with van der Waals surface area (Å²) < 4.78 is 19.6. The summed E-state index contributed by atoms with van der Waals surface area (Å²) in [5.41, 5.74) is 0. The highest BCUT2D eigenvalue weighted by Crippen LogP contribution is 2.13. The van der Waals surface area contributed by atoms with Crippen LogP contribution in [0, 0.1) is 0 Å². The van der Waals surface area contributed by atoms with Gasteiger partial charge in [0.05, 0.1) is 6.61 Å². The molecule has 0 bridgehead atoms. The molecule has 7 heteroatoms. The lowest BCUT2D eigenvalue weighted by atomic mass is 10.0. The standard InChI is InChI=1S/C10H20O7/c1-14-5-6(15-2)7(11)8(16-3)9(17-4)10(12)13/h6-9,11H,5H2,1-4H3,(H,12,13)/t6-,7-,8+,9-/m1/s1. The smallest absolute Gasteiger partial charge is 0.335 e. The highest BCUT2D eigenvalue weighted by atomic mass is 16.6. The summed E-state index contributed by atoms with van der Waals surface area (Å²) in [5, 5.41) is 18.9. The van der Waals surface area contributed by atoms with Crippen LogP contribution in [0.25, 0.3) is 0 Å². The maximum absolute atomic E-state index is 10.9. The van der Waals surface area contributed by atoms with Gasteiger partial charge in [-0.05, 0) is 0 Å². The van der Waals surface area contributed by atoms with Crippen molar-refractivity contribution in [3.05, 3.63) is 0 Å². The minimum absolute atomic E-state index is 0.119. The second-order valence-corrected chi connectivity index (χ2v) is 3.41. The van der Waals surface area contributed by atoms with Gasteiger partial charge in [-0.25, -0.2) is 4.79 Å². The molecule has 7 nitrogen and oxygen atoms in total. The van der Waals surface area contributed by atoms with E-state index in [-0.39, 0.29) is 6.61 Å². The first-order valence-electron chi connectivity index (χ1n) is 5.01. The van der Waals surface area contributed by atoms with Gasteiger partial charge in [-0.15, -0.1) is 0 Å². The van der Waals surface area contributed by atoms with Gasteiger partial charge in [0.15, 0.2) is 6.10 Å². The van der Waals surface area contributed by atoms with Crippen molar-refractivity contribution < 1.29 is 34.0 Å². The van der Waals surface area contributed by atoms with Crippen LogP contribution < -0.4 is 0 Å². The Morgan fingerprint density at radius 1 is 1.12 bits per heavy atom. The van der Waals surface area contributed by atoms with Crippen LogP contribution in [0.5, 0.6) is 0 Å². The zero-order valence-corrected chi connectivity index (χ0v) is 10.5. The van der Waals surface area contributed by atoms with E-state index < -0.39 is 30.4 Å². The maximum atomic E-state index is 10.9. The van der Waals surface area contributed by atoms with Crippen molar-refractivity contribution in [1.82, 2.24) is 0 Å². The van der Waals surface area contributed by atoms with Crippen molar-refractivity contribution in [2.45, 2.75) is 24.4 Å². The predicted octanol–water partition coefficient (Wildman–Crippen LogP) is -0.877. The quantitative estimate of drug-likeness (QED) is 0.550. The number of carboxylic acids is 1. The van der Waals surface area contributed by atoms with E-state index in [1.807, 2.05) is 0 Å². The largest absolute Gasteiger partial charge is 0.479 e. The molecule has 0 heterocycles. The van der Waals surface area contributed by atoms with Gasteiger partial charge in [0.2, 0.25) is 0 Å². The first kappa shape index (κ1) is 16.3. The lowest BCUT2D eigenvalue weighted by Gasteiger charge is -2.30. The first-order valence-corrected chi connectivity index (χ1v) is 5.01. The van der Waals surface area contributed by atoms with Gasteiger partial charge in [0.25, 0.3) is 0 Å². The molecule has 4 atom stereocenters. The van der Waals surface area contributed by atoms with Gasteiger partial charge in [0, 0.05) is 28.4 Å². The summed E-state index contributed by atoms with van der Waals surface area (Å²) in [6, 6.07) is 0. The fraction of sp³-hybridized carbons (Fsp3) is 0.900. The van der Waals surface area contributed by atoms with Gasteiger partial charge < -0.3 is 29.2 Å². The van der Waals surface area contributed by atoms with E-state index in [0.29, 0.717) is 0 Å². The van der Waals surface area contributed by atoms with Crippen molar-refractivity contribution in [1.29, 1.82) is 0 Å². The average molecular weight is 252 g/mol. The van der Waals surface area contributed by atoms with Gasteiger partial charge >= 0.3 is 5.97 Å². The minimum Gasteiger partial charge on any atom is -0.479 e. The van der Waals surface area contributed by atoms with Crippen molar-refractivity contribution in [3.8, 4) is 0 Å². The van der Waals surface area contributed by atoms with Crippen molar-refractivity contribution in [3.63, 3.8) is 0 Å². The Hall–Kier alpha value is -0.730. The predicted molar refractivity (Wildman–Crippen MR) is 57.9 cm³/mol. The molecule has 0 saturated carbocycles. The number of carbonyl (C=O) groups is 1. The summed E-state index contributed by atoms with van der Waals surface area (Å²) in [5.74, 6) is -1.22. The van der Waals surface area contributed by atoms with Crippen LogP contribution in [-0.2, 0) is 23.7 Å². The molecule has 0 radical (unpaired) electrons. The third-order valence-electron chi connectivity index (χ3n) is 2.42. The monoisotopic (exact) mass is 252 g/mol. The third kappa shape index (κ3) is 4.57. The third-order valence-corrected chi connectivity index (χ3v) is 2.42. The van der Waals surface area contributed by atoms with Gasteiger partial charge in [-0.2, -0.15) is 0 Å². The highest BCUT2D eigenvalue weighted by molar-refractivity contribution is 5.73. The van der Waals surface area contributed by atoms with Crippen LogP contribution in [0.4, 0.5) is 0 Å². The normalized spacial score (nSPS) is 18.4. The Bertz CT molecular complexity index is 221. The van der Waals surface area contributed by atoms with Crippen molar-refractivity contribution in [2.75, 3.05) is 35.0 Å². The van der Waals surface area contributed by atoms with E-state index in [1.54, 1.807) is 0 Å². The van der Waals surface area contributed by atoms with E-state index >= 15 is 0 Å². The Morgan fingerprint density at radius 2 is 1.71 bits per heavy atom. The molecule has 0 saturated heterocycles. The number of methoxy groups -OCH3 is 4. The Balaban J connectivity index is 4.76. The molecule has 0 aromatic heterocycles. The second kappa shape index (κ2) is 8.37. The summed E-state index contributed by atoms with van der Waals surface area (Å²) in [6.45, 7) is 0.119. The number of rotatable bonds is 9. The number of carboxylic acid groups (broad SMARTS) is 1. The number of hydrogen-bond acceptors (Lipinski definition) is 6. The lowest BCUT2D eigenvalue weighted by Crippen LogP contribution is -2.51. The molecule has 0 aromatic carbocycles. The van der Waals surface area contributed by atoms with Gasteiger partial charge in [0.1, 0.15) is 18.3 Å². The summed E-state index contributed by atoms with van der Waals surface area (Å²) >= 11 is 0. The zero-order chi connectivity index (χ0) is 13.4. The molecular weight excluding hydrogens is 232 g/mol. The maximum Gasteiger partial charge on any atom is 0.335 e. The fourth-order valence-corrected chi connectivity index (χ4v) is 1.50. The van der Waals surface area contributed by atoms with Gasteiger partial charge in [-0.1, -0.05) is 0 Å². The number of ether oxygens (including phenoxy) is 4. The fourth-order valence-electron chi connectivity index (χ4n) is 1.50. The number of aliphatic carboxylic acids is 1. The van der Waals surface area contributed by atoms with E-state index in [4.69, 9.17) is 24.1 Å². The molecule has 102 valence electrons. The van der Waals surface area contributed by atoms with Crippen LogP contribution in [0.1, 0.15) is 0 Å². The minimum atomic E-state index is -1.27. The number of aliphatic hydroxyl groups is 1.